The lowest BCUT2D eigenvalue weighted by Gasteiger charge is -2.39. The molecule has 3 heterocycles. The number of morpholine rings is 1. The van der Waals surface area contributed by atoms with E-state index in [1.165, 1.54) is 26.2 Å². The summed E-state index contributed by atoms with van der Waals surface area (Å²) >= 11 is 19.2. The molecule has 3 amide bonds. The molecule has 0 bridgehead atoms. The van der Waals surface area contributed by atoms with Gasteiger partial charge >= 0.3 is 6.03 Å². The van der Waals surface area contributed by atoms with Gasteiger partial charge in [-0.2, -0.15) is 0 Å². The van der Waals surface area contributed by atoms with Crippen LogP contribution in [0.15, 0.2) is 70.6 Å². The number of rotatable bonds is 9. The second kappa shape index (κ2) is 16.3. The minimum Gasteiger partial charge on any atom is -0.493 e. The molecule has 6 rings (SSSR count). The molecule has 0 N–H and O–H groups in total. The number of amides is 3. The highest BCUT2D eigenvalue weighted by Crippen LogP contribution is 2.46. The maximum Gasteiger partial charge on any atom is 0.326 e. The molecule has 2 unspecified atom stereocenters. The molecule has 3 aliphatic rings. The molecule has 278 valence electrons. The molecule has 2 saturated heterocycles. The normalized spacial score (nSPS) is 20.0. The van der Waals surface area contributed by atoms with Crippen molar-refractivity contribution in [2.75, 3.05) is 79.7 Å². The van der Waals surface area contributed by atoms with Crippen LogP contribution >= 0.6 is 34.8 Å². The molecule has 3 aromatic carbocycles. The molecule has 0 aromatic heterocycles. The molecule has 3 aromatic rings. The summed E-state index contributed by atoms with van der Waals surface area (Å²) in [5.74, 6) is 0.547. The van der Waals surface area contributed by atoms with Crippen molar-refractivity contribution in [3.05, 3.63) is 92.4 Å². The molecule has 0 aliphatic carbocycles. The van der Waals surface area contributed by atoms with Crippen molar-refractivity contribution in [2.24, 2.45) is 4.99 Å². The Morgan fingerprint density at radius 2 is 1.46 bits per heavy atom. The van der Waals surface area contributed by atoms with E-state index in [1.807, 2.05) is 29.2 Å². The summed E-state index contributed by atoms with van der Waals surface area (Å²) in [5.41, 5.74) is 1.85. The Kier molecular flexibility index (Phi) is 12.0. The molecule has 52 heavy (non-hydrogen) atoms. The summed E-state index contributed by atoms with van der Waals surface area (Å²) in [4.78, 5) is 40.3. The van der Waals surface area contributed by atoms with Gasteiger partial charge in [-0.15, -0.1) is 0 Å². The number of urea groups is 1. The smallest absolute Gasteiger partial charge is 0.326 e. The minimum absolute atomic E-state index is 0.0244. The minimum atomic E-state index is -4.01. The SMILES string of the molecule is CCOc1cc(Cl)c(S(=O)(=O)N(C)C)cc1C1=NC(c2ccc(Cl)cc2)C(c2ccc(Cl)cc2)N1C(=O)N1CCN(CC(=O)N2CCOCC2)CC1. The van der Waals surface area contributed by atoms with Gasteiger partial charge in [0.05, 0.1) is 43.0 Å². The van der Waals surface area contributed by atoms with Crippen molar-refractivity contribution >= 4 is 62.6 Å². The van der Waals surface area contributed by atoms with Crippen LogP contribution < -0.4 is 4.74 Å². The maximum absolute atomic E-state index is 15.0. The quantitative estimate of drug-likeness (QED) is 0.284. The van der Waals surface area contributed by atoms with Crippen LogP contribution in [0, 0.1) is 0 Å². The molecular weight excluding hydrogens is 751 g/mol. The summed E-state index contributed by atoms with van der Waals surface area (Å²) < 4.78 is 39.5. The Morgan fingerprint density at radius 1 is 0.865 bits per heavy atom. The third-order valence-corrected chi connectivity index (χ3v) is 12.2. The van der Waals surface area contributed by atoms with Gasteiger partial charge in [-0.05, 0) is 48.4 Å². The van der Waals surface area contributed by atoms with Crippen molar-refractivity contribution in [1.29, 1.82) is 0 Å². The molecular formula is C36H41Cl3N6O6S. The monoisotopic (exact) mass is 790 g/mol. The third-order valence-electron chi connectivity index (χ3n) is 9.39. The number of carbonyl (C=O) groups is 2. The zero-order valence-corrected chi connectivity index (χ0v) is 32.3. The van der Waals surface area contributed by atoms with Gasteiger partial charge in [0.15, 0.2) is 0 Å². The molecule has 2 fully saturated rings. The molecule has 2 atom stereocenters. The number of carbonyl (C=O) groups excluding carboxylic acids is 2. The third kappa shape index (κ3) is 8.06. The van der Waals surface area contributed by atoms with Gasteiger partial charge in [0.2, 0.25) is 15.9 Å². The highest BCUT2D eigenvalue weighted by atomic mass is 35.5. The fourth-order valence-electron chi connectivity index (χ4n) is 6.59. The van der Waals surface area contributed by atoms with Gasteiger partial charge in [0.1, 0.15) is 22.5 Å². The van der Waals surface area contributed by atoms with Crippen molar-refractivity contribution in [2.45, 2.75) is 23.9 Å². The van der Waals surface area contributed by atoms with Crippen molar-refractivity contribution in [1.82, 2.24) is 23.9 Å². The van der Waals surface area contributed by atoms with E-state index in [1.54, 1.807) is 41.0 Å². The Labute approximate surface area is 319 Å². The van der Waals surface area contributed by atoms with E-state index >= 15 is 0 Å². The number of piperazine rings is 1. The van der Waals surface area contributed by atoms with Crippen LogP contribution in [-0.2, 0) is 19.6 Å². The van der Waals surface area contributed by atoms with Gasteiger partial charge in [-0.1, -0.05) is 59.1 Å². The van der Waals surface area contributed by atoms with E-state index < -0.39 is 22.1 Å². The van der Waals surface area contributed by atoms with Crippen LogP contribution in [-0.4, -0.2) is 130 Å². The second-order valence-electron chi connectivity index (χ2n) is 12.9. The fourth-order valence-corrected chi connectivity index (χ4v) is 8.25. The fraction of sp³-hybridized carbons (Fsp3) is 0.417. The van der Waals surface area contributed by atoms with Crippen LogP contribution in [0.2, 0.25) is 15.1 Å². The van der Waals surface area contributed by atoms with Crippen molar-refractivity contribution in [3.63, 3.8) is 0 Å². The molecule has 0 saturated carbocycles. The lowest BCUT2D eigenvalue weighted by molar-refractivity contribution is -0.136. The number of hydrogen-bond acceptors (Lipinski definition) is 8. The molecule has 0 spiro atoms. The lowest BCUT2D eigenvalue weighted by atomic mass is 9.93. The largest absolute Gasteiger partial charge is 0.493 e. The number of sulfonamides is 1. The Bertz CT molecular complexity index is 1920. The summed E-state index contributed by atoms with van der Waals surface area (Å²) in [6, 6.07) is 15.8. The van der Waals surface area contributed by atoms with E-state index in [9.17, 15) is 18.0 Å². The van der Waals surface area contributed by atoms with E-state index in [0.717, 1.165) is 15.4 Å². The Balaban J connectivity index is 1.43. The average molecular weight is 792 g/mol. The first-order valence-electron chi connectivity index (χ1n) is 17.0. The number of amidine groups is 1. The van der Waals surface area contributed by atoms with Crippen LogP contribution in [0.5, 0.6) is 5.75 Å². The summed E-state index contributed by atoms with van der Waals surface area (Å²) in [6.45, 7) is 6.21. The second-order valence-corrected chi connectivity index (χ2v) is 16.3. The summed E-state index contributed by atoms with van der Waals surface area (Å²) in [7, 11) is -1.17. The van der Waals surface area contributed by atoms with E-state index in [0.29, 0.717) is 68.1 Å². The van der Waals surface area contributed by atoms with Gasteiger partial charge < -0.3 is 19.3 Å². The maximum atomic E-state index is 15.0. The van der Waals surface area contributed by atoms with Gasteiger partial charge in [-0.25, -0.2) is 17.5 Å². The molecule has 0 radical (unpaired) electrons. The topological polar surface area (TPSA) is 115 Å². The standard InChI is InChI=1S/C36H41Cl3N6O6S/c1-4-51-30-22-29(39)31(52(48,49)41(2)3)21-28(30)35-40-33(24-5-9-26(37)10-6-24)34(25-7-11-27(38)12-8-25)45(35)36(47)44-15-13-42(14-16-44)23-32(46)43-17-19-50-20-18-43/h5-12,21-22,33-34H,4,13-20,23H2,1-3H3. The van der Waals surface area contributed by atoms with Crippen molar-refractivity contribution in [3.8, 4) is 5.75 Å². The Hall–Kier alpha value is -3.43. The van der Waals surface area contributed by atoms with Gasteiger partial charge in [0.25, 0.3) is 0 Å². The lowest BCUT2D eigenvalue weighted by Crippen LogP contribution is -2.56. The first-order valence-corrected chi connectivity index (χ1v) is 19.6. The van der Waals surface area contributed by atoms with Gasteiger partial charge in [0, 0.05) is 69.5 Å². The summed E-state index contributed by atoms with van der Waals surface area (Å²) in [6.07, 6.45) is 0. The molecule has 16 heteroatoms. The van der Waals surface area contributed by atoms with Gasteiger partial charge in [-0.3, -0.25) is 19.6 Å². The van der Waals surface area contributed by atoms with E-state index in [2.05, 4.69) is 4.90 Å². The van der Waals surface area contributed by atoms with Crippen LogP contribution in [0.25, 0.3) is 0 Å². The first kappa shape index (κ1) is 38.3. The zero-order valence-electron chi connectivity index (χ0n) is 29.2. The summed E-state index contributed by atoms with van der Waals surface area (Å²) in [5, 5.41) is 1.05. The van der Waals surface area contributed by atoms with Crippen molar-refractivity contribution < 1.29 is 27.5 Å². The number of hydrogen-bond donors (Lipinski definition) is 0. The van der Waals surface area contributed by atoms with Crippen LogP contribution in [0.4, 0.5) is 4.79 Å². The van der Waals surface area contributed by atoms with E-state index in [-0.39, 0.29) is 46.6 Å². The number of ether oxygens (including phenoxy) is 2. The molecule has 3 aliphatic heterocycles. The predicted molar refractivity (Wildman–Crippen MR) is 201 cm³/mol. The van der Waals surface area contributed by atoms with E-state index in [4.69, 9.17) is 49.3 Å². The first-order chi connectivity index (χ1) is 24.9. The Morgan fingerprint density at radius 3 is 2.04 bits per heavy atom. The number of nitrogens with zero attached hydrogens (tertiary/aromatic N) is 6. The molecule has 12 nitrogen and oxygen atoms in total. The highest BCUT2D eigenvalue weighted by Gasteiger charge is 2.45. The number of benzene rings is 3. The zero-order chi connectivity index (χ0) is 37.2. The average Bonchev–Trinajstić information content (AvgIpc) is 3.53. The number of aliphatic imine (C=N–C) groups is 1. The number of halogens is 3. The van der Waals surface area contributed by atoms with Crippen LogP contribution in [0.1, 0.15) is 35.7 Å². The highest BCUT2D eigenvalue weighted by molar-refractivity contribution is 7.89. The predicted octanol–water partition coefficient (Wildman–Crippen LogP) is 5.44. The van der Waals surface area contributed by atoms with Crippen LogP contribution in [0.3, 0.4) is 0 Å².